The van der Waals surface area contributed by atoms with E-state index < -0.39 is 0 Å². The molecule has 0 amide bonds. The predicted molar refractivity (Wildman–Crippen MR) is 100 cm³/mol. The zero-order valence-electron chi connectivity index (χ0n) is 13.9. The third kappa shape index (κ3) is 5.23. The Kier molecular flexibility index (Phi) is 7.31. The van der Waals surface area contributed by atoms with Crippen LogP contribution in [0.5, 0.6) is 11.5 Å². The Bertz CT molecular complexity index is 772. The van der Waals surface area contributed by atoms with Crippen LogP contribution in [0, 0.1) is 0 Å². The average molecular weight is 381 g/mol. The highest BCUT2D eigenvalue weighted by Gasteiger charge is 2.10. The smallest absolute Gasteiger partial charge is 0.185 e. The van der Waals surface area contributed by atoms with Crippen LogP contribution >= 0.6 is 23.2 Å². The minimum atomic E-state index is -0.183. The van der Waals surface area contributed by atoms with Gasteiger partial charge in [0.25, 0.3) is 0 Å². The molecule has 0 aliphatic carbocycles. The number of methoxy groups -OCH3 is 2. The quantitative estimate of drug-likeness (QED) is 0.370. The van der Waals surface area contributed by atoms with Crippen molar-refractivity contribution >= 4 is 35.1 Å². The van der Waals surface area contributed by atoms with Gasteiger partial charge in [-0.3, -0.25) is 4.79 Å². The van der Waals surface area contributed by atoms with Gasteiger partial charge in [-0.1, -0.05) is 35.3 Å². The summed E-state index contributed by atoms with van der Waals surface area (Å²) in [6.45, 7) is 0.861. The van der Waals surface area contributed by atoms with E-state index in [1.807, 2.05) is 0 Å². The molecule has 0 spiro atoms. The van der Waals surface area contributed by atoms with E-state index in [1.54, 1.807) is 49.6 Å². The molecule has 0 N–H and O–H groups in total. The van der Waals surface area contributed by atoms with Gasteiger partial charge in [-0.15, -0.1) is 0 Å². The fraction of sp³-hybridized carbons (Fsp3) is 0.211. The first kappa shape index (κ1) is 19.3. The zero-order valence-corrected chi connectivity index (χ0v) is 15.4. The Labute approximate surface area is 156 Å². The van der Waals surface area contributed by atoms with E-state index in [0.717, 1.165) is 0 Å². The SMILES string of the molecule is COCCOc1ccc(C(=O)/C=C/c2cccc(Cl)c2Cl)cc1OC. The summed E-state index contributed by atoms with van der Waals surface area (Å²) in [5.41, 5.74) is 1.15. The number of hydrogen-bond donors (Lipinski definition) is 0. The largest absolute Gasteiger partial charge is 0.493 e. The molecule has 132 valence electrons. The summed E-state index contributed by atoms with van der Waals surface area (Å²) in [5.74, 6) is 0.854. The maximum Gasteiger partial charge on any atom is 0.185 e. The highest BCUT2D eigenvalue weighted by atomic mass is 35.5. The first-order chi connectivity index (χ1) is 12.1. The molecule has 2 aromatic rings. The molecule has 0 fully saturated rings. The summed E-state index contributed by atoms with van der Waals surface area (Å²) < 4.78 is 15.8. The van der Waals surface area contributed by atoms with Crippen molar-refractivity contribution in [2.75, 3.05) is 27.4 Å². The monoisotopic (exact) mass is 380 g/mol. The number of allylic oxidation sites excluding steroid dienone is 1. The van der Waals surface area contributed by atoms with Crippen LogP contribution in [0.3, 0.4) is 0 Å². The molecule has 2 rings (SSSR count). The second kappa shape index (κ2) is 9.47. The number of ketones is 1. The lowest BCUT2D eigenvalue weighted by Gasteiger charge is -2.11. The van der Waals surface area contributed by atoms with Crippen LogP contribution in [0.2, 0.25) is 10.0 Å². The van der Waals surface area contributed by atoms with E-state index in [0.29, 0.717) is 45.9 Å². The molecule has 0 atom stereocenters. The first-order valence-corrected chi connectivity index (χ1v) is 8.28. The van der Waals surface area contributed by atoms with Crippen molar-refractivity contribution in [2.45, 2.75) is 0 Å². The van der Waals surface area contributed by atoms with E-state index in [-0.39, 0.29) is 5.78 Å². The zero-order chi connectivity index (χ0) is 18.2. The standard InChI is InChI=1S/C19H18Cl2O4/c1-23-10-11-25-17-9-7-14(12-18(17)24-2)16(22)8-6-13-4-3-5-15(20)19(13)21/h3-9,12H,10-11H2,1-2H3/b8-6+. The maximum atomic E-state index is 12.4. The van der Waals surface area contributed by atoms with E-state index in [2.05, 4.69) is 0 Å². The Morgan fingerprint density at radius 1 is 1.08 bits per heavy atom. The van der Waals surface area contributed by atoms with Gasteiger partial charge in [0, 0.05) is 12.7 Å². The number of benzene rings is 2. The highest BCUT2D eigenvalue weighted by molar-refractivity contribution is 6.42. The van der Waals surface area contributed by atoms with Gasteiger partial charge in [0.1, 0.15) is 6.61 Å². The average Bonchev–Trinajstić information content (AvgIpc) is 2.63. The summed E-state index contributed by atoms with van der Waals surface area (Å²) in [7, 11) is 3.12. The lowest BCUT2D eigenvalue weighted by Crippen LogP contribution is -2.06. The minimum Gasteiger partial charge on any atom is -0.493 e. The Morgan fingerprint density at radius 3 is 2.60 bits per heavy atom. The molecule has 0 heterocycles. The predicted octanol–water partition coefficient (Wildman–Crippen LogP) is 4.92. The second-order valence-electron chi connectivity index (χ2n) is 5.05. The van der Waals surface area contributed by atoms with Crippen molar-refractivity contribution in [1.29, 1.82) is 0 Å². The molecule has 4 nitrogen and oxygen atoms in total. The summed E-state index contributed by atoms with van der Waals surface area (Å²) in [5, 5.41) is 0.850. The topological polar surface area (TPSA) is 44.8 Å². The molecule has 2 aromatic carbocycles. The fourth-order valence-corrected chi connectivity index (χ4v) is 2.46. The molecule has 0 aliphatic rings. The number of hydrogen-bond acceptors (Lipinski definition) is 4. The molecule has 6 heteroatoms. The van der Waals surface area contributed by atoms with Crippen molar-refractivity contribution in [2.24, 2.45) is 0 Å². The molecular weight excluding hydrogens is 363 g/mol. The number of carbonyl (C=O) groups excluding carboxylic acids is 1. The lowest BCUT2D eigenvalue weighted by molar-refractivity contribution is 0.104. The van der Waals surface area contributed by atoms with E-state index in [9.17, 15) is 4.79 Å². The highest BCUT2D eigenvalue weighted by Crippen LogP contribution is 2.29. The second-order valence-corrected chi connectivity index (χ2v) is 5.83. The molecule has 0 saturated heterocycles. The van der Waals surface area contributed by atoms with E-state index in [4.69, 9.17) is 37.4 Å². The molecule has 0 bridgehead atoms. The summed E-state index contributed by atoms with van der Waals surface area (Å²) in [4.78, 5) is 12.4. The van der Waals surface area contributed by atoms with Crippen LogP contribution < -0.4 is 9.47 Å². The van der Waals surface area contributed by atoms with Crippen molar-refractivity contribution in [1.82, 2.24) is 0 Å². The first-order valence-electron chi connectivity index (χ1n) is 7.53. The Hall–Kier alpha value is -2.01. The Balaban J connectivity index is 2.16. The normalized spacial score (nSPS) is 10.9. The van der Waals surface area contributed by atoms with Gasteiger partial charge >= 0.3 is 0 Å². The fourth-order valence-electron chi connectivity index (χ4n) is 2.09. The van der Waals surface area contributed by atoms with Gasteiger partial charge in [-0.05, 0) is 42.0 Å². The molecule has 0 aliphatic heterocycles. The lowest BCUT2D eigenvalue weighted by atomic mass is 10.1. The van der Waals surface area contributed by atoms with Crippen LogP contribution in [0.1, 0.15) is 15.9 Å². The van der Waals surface area contributed by atoms with Crippen LogP contribution in [0.15, 0.2) is 42.5 Å². The summed E-state index contributed by atoms with van der Waals surface area (Å²) in [6.07, 6.45) is 3.07. The van der Waals surface area contributed by atoms with Crippen molar-refractivity contribution in [3.63, 3.8) is 0 Å². The van der Waals surface area contributed by atoms with E-state index in [1.165, 1.54) is 13.2 Å². The van der Waals surface area contributed by atoms with Crippen molar-refractivity contribution in [3.05, 3.63) is 63.6 Å². The number of carbonyl (C=O) groups is 1. The van der Waals surface area contributed by atoms with Crippen molar-refractivity contribution < 1.29 is 19.0 Å². The van der Waals surface area contributed by atoms with Gasteiger partial charge < -0.3 is 14.2 Å². The molecule has 0 radical (unpaired) electrons. The Morgan fingerprint density at radius 2 is 1.88 bits per heavy atom. The molecule has 0 saturated carbocycles. The van der Waals surface area contributed by atoms with Gasteiger partial charge in [0.05, 0.1) is 23.8 Å². The van der Waals surface area contributed by atoms with Crippen LogP contribution in [0.4, 0.5) is 0 Å². The molecule has 0 aromatic heterocycles. The molecule has 25 heavy (non-hydrogen) atoms. The minimum absolute atomic E-state index is 0.183. The third-order valence-electron chi connectivity index (χ3n) is 3.39. The van der Waals surface area contributed by atoms with Crippen LogP contribution in [-0.2, 0) is 4.74 Å². The summed E-state index contributed by atoms with van der Waals surface area (Å²) in [6, 6.07) is 10.3. The van der Waals surface area contributed by atoms with Gasteiger partial charge in [-0.2, -0.15) is 0 Å². The number of rotatable bonds is 8. The summed E-state index contributed by atoms with van der Waals surface area (Å²) >= 11 is 12.1. The van der Waals surface area contributed by atoms with Gasteiger partial charge in [0.15, 0.2) is 17.3 Å². The number of halogens is 2. The number of ether oxygens (including phenoxy) is 3. The van der Waals surface area contributed by atoms with Crippen LogP contribution in [-0.4, -0.2) is 33.2 Å². The molecular formula is C19H18Cl2O4. The van der Waals surface area contributed by atoms with E-state index >= 15 is 0 Å². The van der Waals surface area contributed by atoms with Crippen LogP contribution in [0.25, 0.3) is 6.08 Å². The van der Waals surface area contributed by atoms with Crippen molar-refractivity contribution in [3.8, 4) is 11.5 Å². The molecule has 0 unspecified atom stereocenters. The third-order valence-corrected chi connectivity index (χ3v) is 4.22. The maximum absolute atomic E-state index is 12.4. The van der Waals surface area contributed by atoms with Gasteiger partial charge in [-0.25, -0.2) is 0 Å². The van der Waals surface area contributed by atoms with Gasteiger partial charge in [0.2, 0.25) is 0 Å².